The minimum absolute atomic E-state index is 0.428. The van der Waals surface area contributed by atoms with Gasteiger partial charge in [-0.2, -0.15) is 0 Å². The number of aliphatic carboxylic acids is 1. The number of nitrogens with one attached hydrogen (secondary N) is 1. The highest BCUT2D eigenvalue weighted by molar-refractivity contribution is 5.96. The number of hydrogen-bond acceptors (Lipinski definition) is 5. The molecule has 26 heavy (non-hydrogen) atoms. The molecule has 0 aliphatic rings. The Hall–Kier alpha value is -3.45. The van der Waals surface area contributed by atoms with E-state index in [-0.39, 0.29) is 0 Å². The van der Waals surface area contributed by atoms with Crippen LogP contribution in [-0.2, 0) is 9.59 Å². The van der Waals surface area contributed by atoms with Crippen molar-refractivity contribution in [2.45, 2.75) is 12.5 Å². The first-order chi connectivity index (χ1) is 12.5. The maximum Gasteiger partial charge on any atom is 0.305 e. The van der Waals surface area contributed by atoms with E-state index < -0.39 is 24.3 Å². The summed E-state index contributed by atoms with van der Waals surface area (Å²) in [5.41, 5.74) is 6.86. The van der Waals surface area contributed by atoms with Crippen LogP contribution in [-0.4, -0.2) is 28.0 Å². The second kappa shape index (κ2) is 7.62. The summed E-state index contributed by atoms with van der Waals surface area (Å²) in [5.74, 6) is -0.410. The van der Waals surface area contributed by atoms with Crippen LogP contribution in [0, 0.1) is 0 Å². The third kappa shape index (κ3) is 4.14. The average molecular weight is 351 g/mol. The number of hydrogen-bond donors (Lipinski definition) is 3. The van der Waals surface area contributed by atoms with Crippen molar-refractivity contribution in [1.29, 1.82) is 0 Å². The Balaban J connectivity index is 1.70. The second-order valence-corrected chi connectivity index (χ2v) is 5.65. The molecular weight excluding hydrogens is 334 g/mol. The van der Waals surface area contributed by atoms with E-state index >= 15 is 0 Å². The van der Waals surface area contributed by atoms with Crippen LogP contribution in [0.2, 0.25) is 0 Å². The van der Waals surface area contributed by atoms with Crippen LogP contribution in [0.4, 0.5) is 5.69 Å². The van der Waals surface area contributed by atoms with Gasteiger partial charge in [0.1, 0.15) is 11.5 Å². The molecule has 0 saturated heterocycles. The molecule has 0 radical (unpaired) electrons. The van der Waals surface area contributed by atoms with Gasteiger partial charge in [-0.1, -0.05) is 12.1 Å². The van der Waals surface area contributed by atoms with Gasteiger partial charge in [0.05, 0.1) is 18.0 Å². The molecule has 0 aliphatic carbocycles. The molecule has 1 heterocycles. The number of nitrogens with zero attached hydrogens (tertiary/aromatic N) is 1. The Morgan fingerprint density at radius 2 is 1.85 bits per heavy atom. The zero-order valence-electron chi connectivity index (χ0n) is 13.8. The molecule has 7 nitrogen and oxygen atoms in total. The molecular formula is C19H17N3O4. The van der Waals surface area contributed by atoms with E-state index in [1.165, 1.54) is 0 Å². The van der Waals surface area contributed by atoms with Gasteiger partial charge in [0.25, 0.3) is 0 Å². The molecule has 0 fully saturated rings. The van der Waals surface area contributed by atoms with E-state index in [2.05, 4.69) is 10.3 Å². The van der Waals surface area contributed by atoms with Crippen molar-refractivity contribution < 1.29 is 19.4 Å². The fraction of sp³-hybridized carbons (Fsp3) is 0.105. The van der Waals surface area contributed by atoms with Crippen molar-refractivity contribution in [2.75, 3.05) is 5.32 Å². The molecule has 1 aromatic heterocycles. The lowest BCUT2D eigenvalue weighted by molar-refractivity contribution is -0.138. The number of rotatable bonds is 6. The van der Waals surface area contributed by atoms with Crippen molar-refractivity contribution in [3.8, 4) is 11.5 Å². The molecule has 0 aliphatic heterocycles. The van der Waals surface area contributed by atoms with E-state index in [1.807, 2.05) is 24.3 Å². The van der Waals surface area contributed by atoms with Crippen molar-refractivity contribution >= 4 is 28.5 Å². The first kappa shape index (κ1) is 17.4. The summed E-state index contributed by atoms with van der Waals surface area (Å²) in [4.78, 5) is 26.7. The van der Waals surface area contributed by atoms with Gasteiger partial charge in [-0.3, -0.25) is 14.6 Å². The van der Waals surface area contributed by atoms with Crippen LogP contribution < -0.4 is 15.8 Å². The molecule has 0 unspecified atom stereocenters. The van der Waals surface area contributed by atoms with Gasteiger partial charge in [0.15, 0.2) is 0 Å². The third-order valence-corrected chi connectivity index (χ3v) is 3.69. The van der Waals surface area contributed by atoms with Crippen LogP contribution in [0.15, 0.2) is 60.8 Å². The second-order valence-electron chi connectivity index (χ2n) is 5.65. The van der Waals surface area contributed by atoms with Gasteiger partial charge in [-0.05, 0) is 42.5 Å². The van der Waals surface area contributed by atoms with Crippen LogP contribution in [0.1, 0.15) is 6.42 Å². The number of aromatic nitrogens is 1. The molecule has 7 heteroatoms. The first-order valence-corrected chi connectivity index (χ1v) is 7.93. The lowest BCUT2D eigenvalue weighted by Gasteiger charge is -2.12. The topological polar surface area (TPSA) is 115 Å². The lowest BCUT2D eigenvalue weighted by Crippen LogP contribution is -2.37. The number of carboxylic acid groups (broad SMARTS) is 1. The minimum atomic E-state index is -1.12. The quantitative estimate of drug-likeness (QED) is 0.629. The normalized spacial score (nSPS) is 11.7. The summed E-state index contributed by atoms with van der Waals surface area (Å²) in [6.07, 6.45) is 1.25. The van der Waals surface area contributed by atoms with E-state index in [1.54, 1.807) is 36.5 Å². The number of carbonyl (C=O) groups is 2. The smallest absolute Gasteiger partial charge is 0.305 e. The monoisotopic (exact) mass is 351 g/mol. The SMILES string of the molecule is N[C@@H](CC(=O)O)C(=O)Nc1ccc(Oc2ccnc3ccccc23)cc1. The highest BCUT2D eigenvalue weighted by Gasteiger charge is 2.17. The molecule has 3 aromatic rings. The highest BCUT2D eigenvalue weighted by Crippen LogP contribution is 2.29. The van der Waals surface area contributed by atoms with E-state index in [0.29, 0.717) is 17.2 Å². The van der Waals surface area contributed by atoms with Crippen LogP contribution in [0.25, 0.3) is 10.9 Å². The van der Waals surface area contributed by atoms with Crippen LogP contribution in [0.5, 0.6) is 11.5 Å². The summed E-state index contributed by atoms with van der Waals surface area (Å²) in [6.45, 7) is 0. The lowest BCUT2D eigenvalue weighted by atomic mass is 10.2. The highest BCUT2D eigenvalue weighted by atomic mass is 16.5. The molecule has 1 atom stereocenters. The summed E-state index contributed by atoms with van der Waals surface area (Å²) < 4.78 is 5.90. The van der Waals surface area contributed by atoms with Crippen LogP contribution >= 0.6 is 0 Å². The maximum absolute atomic E-state index is 11.8. The average Bonchev–Trinajstić information content (AvgIpc) is 2.63. The number of amides is 1. The summed E-state index contributed by atoms with van der Waals surface area (Å²) in [5, 5.41) is 12.1. The Bertz CT molecular complexity index is 936. The van der Waals surface area contributed by atoms with Gasteiger partial charge in [-0.25, -0.2) is 0 Å². The number of para-hydroxylation sites is 1. The predicted molar refractivity (Wildman–Crippen MR) is 97.1 cm³/mol. The Morgan fingerprint density at radius 1 is 1.12 bits per heavy atom. The number of fused-ring (bicyclic) bond motifs is 1. The van der Waals surface area contributed by atoms with Gasteiger partial charge >= 0.3 is 5.97 Å². The van der Waals surface area contributed by atoms with Gasteiger partial charge in [0.2, 0.25) is 5.91 Å². The van der Waals surface area contributed by atoms with E-state index in [9.17, 15) is 9.59 Å². The van der Waals surface area contributed by atoms with Gasteiger partial charge < -0.3 is 20.9 Å². The molecule has 0 spiro atoms. The molecule has 0 bridgehead atoms. The number of carboxylic acids is 1. The molecule has 3 rings (SSSR count). The van der Waals surface area contributed by atoms with Gasteiger partial charge in [0, 0.05) is 17.3 Å². The molecule has 1 amide bonds. The molecule has 4 N–H and O–H groups in total. The summed E-state index contributed by atoms with van der Waals surface area (Å²) in [6, 6.07) is 15.0. The Morgan fingerprint density at radius 3 is 2.58 bits per heavy atom. The number of anilines is 1. The van der Waals surface area contributed by atoms with Crippen molar-refractivity contribution in [3.63, 3.8) is 0 Å². The van der Waals surface area contributed by atoms with E-state index in [0.717, 1.165) is 10.9 Å². The fourth-order valence-corrected chi connectivity index (χ4v) is 2.41. The predicted octanol–water partition coefficient (Wildman–Crippen LogP) is 2.77. The number of ether oxygens (including phenoxy) is 1. The van der Waals surface area contributed by atoms with Crippen LogP contribution in [0.3, 0.4) is 0 Å². The molecule has 2 aromatic carbocycles. The standard InChI is InChI=1S/C19H17N3O4/c20-15(11-18(23)24)19(25)22-12-5-7-13(8-6-12)26-17-9-10-21-16-4-2-1-3-14(16)17/h1-10,15H,11,20H2,(H,22,25)(H,23,24)/t15-/m0/s1. The van der Waals surface area contributed by atoms with Crippen molar-refractivity contribution in [2.24, 2.45) is 5.73 Å². The summed E-state index contributed by atoms with van der Waals surface area (Å²) in [7, 11) is 0. The molecule has 132 valence electrons. The first-order valence-electron chi connectivity index (χ1n) is 7.93. The van der Waals surface area contributed by atoms with E-state index in [4.69, 9.17) is 15.6 Å². The number of nitrogens with two attached hydrogens (primary N) is 1. The van der Waals surface area contributed by atoms with Crippen molar-refractivity contribution in [1.82, 2.24) is 4.98 Å². The third-order valence-electron chi connectivity index (χ3n) is 3.69. The number of carbonyl (C=O) groups excluding carboxylic acids is 1. The maximum atomic E-state index is 11.8. The summed E-state index contributed by atoms with van der Waals surface area (Å²) >= 11 is 0. The molecule has 0 saturated carbocycles. The largest absolute Gasteiger partial charge is 0.481 e. The zero-order valence-corrected chi connectivity index (χ0v) is 13.8. The number of pyridine rings is 1. The Kier molecular flexibility index (Phi) is 5.09. The Labute approximate surface area is 149 Å². The van der Waals surface area contributed by atoms with Gasteiger partial charge in [-0.15, -0.1) is 0 Å². The number of benzene rings is 2. The van der Waals surface area contributed by atoms with Crippen molar-refractivity contribution in [3.05, 3.63) is 60.8 Å². The zero-order chi connectivity index (χ0) is 18.5. The fourth-order valence-electron chi connectivity index (χ4n) is 2.41. The minimum Gasteiger partial charge on any atom is -0.481 e.